The van der Waals surface area contributed by atoms with Crippen LogP contribution in [0.3, 0.4) is 0 Å². The van der Waals surface area contributed by atoms with Crippen molar-refractivity contribution in [2.24, 2.45) is 5.92 Å². The third-order valence-electron chi connectivity index (χ3n) is 8.57. The highest BCUT2D eigenvalue weighted by molar-refractivity contribution is 5.71. The lowest BCUT2D eigenvalue weighted by Crippen LogP contribution is -2.18. The molecular formula is C32H34FNO. The van der Waals surface area contributed by atoms with Gasteiger partial charge in [0.25, 0.3) is 0 Å². The number of hydrogen-bond acceptors (Lipinski definition) is 2. The quantitative estimate of drug-likeness (QED) is 0.361. The van der Waals surface area contributed by atoms with E-state index in [9.17, 15) is 4.39 Å². The standard InChI is InChI=1S/C32H34FNO/c1-4-19-8-6-9-20(5-2)30(19)28-18-29(35-3)32-25(10-7-11-27(32)34-28)31-24-15-13-21-12-14-23(33)16-22(21)17-26(24)31/h6,8-9,12,14,16,18,25,31H,4-5,7,10-11,13,15,17H2,1-3H3. The summed E-state index contributed by atoms with van der Waals surface area (Å²) in [5, 5.41) is 0. The molecule has 3 heteroatoms. The van der Waals surface area contributed by atoms with E-state index in [4.69, 9.17) is 9.72 Å². The van der Waals surface area contributed by atoms with Gasteiger partial charge in [-0.1, -0.05) is 49.3 Å². The molecule has 0 saturated heterocycles. The Balaban J connectivity index is 1.37. The molecule has 35 heavy (non-hydrogen) atoms. The van der Waals surface area contributed by atoms with Crippen molar-refractivity contribution < 1.29 is 9.13 Å². The minimum Gasteiger partial charge on any atom is -0.496 e. The summed E-state index contributed by atoms with van der Waals surface area (Å²) >= 11 is 0. The first-order chi connectivity index (χ1) is 17.1. The molecule has 0 radical (unpaired) electrons. The number of benzene rings is 2. The molecule has 1 aromatic heterocycles. The fourth-order valence-corrected chi connectivity index (χ4v) is 6.85. The molecule has 0 bridgehead atoms. The Hall–Kier alpha value is -2.94. The average Bonchev–Trinajstić information content (AvgIpc) is 3.60. The molecule has 0 amide bonds. The fraction of sp³-hybridized carbons (Fsp3) is 0.406. The zero-order valence-electron chi connectivity index (χ0n) is 21.1. The lowest BCUT2D eigenvalue weighted by Gasteiger charge is -2.29. The number of ether oxygens (including phenoxy) is 1. The fourth-order valence-electron chi connectivity index (χ4n) is 6.85. The van der Waals surface area contributed by atoms with Gasteiger partial charge in [-0.15, -0.1) is 0 Å². The van der Waals surface area contributed by atoms with Crippen LogP contribution in [0.15, 0.2) is 53.6 Å². The van der Waals surface area contributed by atoms with Crippen LogP contribution in [0.2, 0.25) is 0 Å². The van der Waals surface area contributed by atoms with E-state index in [1.807, 2.05) is 13.2 Å². The molecule has 3 aliphatic carbocycles. The molecule has 180 valence electrons. The SMILES string of the molecule is CCc1cccc(CC)c1-c1cc(OC)c2c(n1)CCCC2C1C2=C1Cc1cc(F)ccc1CC2. The Kier molecular flexibility index (Phi) is 5.75. The van der Waals surface area contributed by atoms with Gasteiger partial charge < -0.3 is 4.74 Å². The lowest BCUT2D eigenvalue weighted by molar-refractivity contribution is 0.390. The molecule has 1 heterocycles. The second-order valence-corrected chi connectivity index (χ2v) is 10.3. The Labute approximate surface area is 208 Å². The maximum Gasteiger partial charge on any atom is 0.126 e. The maximum atomic E-state index is 14.0. The van der Waals surface area contributed by atoms with Crippen LogP contribution in [-0.2, 0) is 32.1 Å². The van der Waals surface area contributed by atoms with E-state index in [2.05, 4.69) is 38.1 Å². The van der Waals surface area contributed by atoms with Crippen molar-refractivity contribution in [2.75, 3.05) is 7.11 Å². The molecule has 0 fully saturated rings. The summed E-state index contributed by atoms with van der Waals surface area (Å²) in [6.07, 6.45) is 8.35. The van der Waals surface area contributed by atoms with Gasteiger partial charge in [0.2, 0.25) is 0 Å². The van der Waals surface area contributed by atoms with Crippen molar-refractivity contribution in [2.45, 2.75) is 71.1 Å². The van der Waals surface area contributed by atoms with Gasteiger partial charge in [-0.3, -0.25) is 4.98 Å². The van der Waals surface area contributed by atoms with Crippen molar-refractivity contribution in [3.63, 3.8) is 0 Å². The Morgan fingerprint density at radius 1 is 0.943 bits per heavy atom. The largest absolute Gasteiger partial charge is 0.496 e. The second-order valence-electron chi connectivity index (χ2n) is 10.3. The van der Waals surface area contributed by atoms with Crippen molar-refractivity contribution in [1.29, 1.82) is 0 Å². The maximum absolute atomic E-state index is 14.0. The highest BCUT2D eigenvalue weighted by Gasteiger charge is 2.45. The molecule has 2 nitrogen and oxygen atoms in total. The van der Waals surface area contributed by atoms with Gasteiger partial charge in [-0.2, -0.15) is 0 Å². The van der Waals surface area contributed by atoms with Gasteiger partial charge in [-0.05, 0) is 91.7 Å². The smallest absolute Gasteiger partial charge is 0.126 e. The molecule has 0 spiro atoms. The van der Waals surface area contributed by atoms with E-state index < -0.39 is 0 Å². The van der Waals surface area contributed by atoms with Gasteiger partial charge in [0.05, 0.1) is 12.8 Å². The number of allylic oxidation sites excluding steroid dienone is 2. The van der Waals surface area contributed by atoms with Gasteiger partial charge in [-0.25, -0.2) is 4.39 Å². The summed E-state index contributed by atoms with van der Waals surface area (Å²) in [6, 6.07) is 14.2. The first kappa shape index (κ1) is 22.5. The molecule has 2 atom stereocenters. The van der Waals surface area contributed by atoms with Gasteiger partial charge in [0, 0.05) is 28.8 Å². The van der Waals surface area contributed by atoms with Crippen LogP contribution < -0.4 is 4.74 Å². The summed E-state index contributed by atoms with van der Waals surface area (Å²) in [5.74, 6) is 1.81. The third-order valence-corrected chi connectivity index (χ3v) is 8.57. The van der Waals surface area contributed by atoms with E-state index in [1.54, 1.807) is 23.3 Å². The number of pyridine rings is 1. The number of fused-ring (bicyclic) bond motifs is 2. The highest BCUT2D eigenvalue weighted by atomic mass is 19.1. The van der Waals surface area contributed by atoms with E-state index in [0.29, 0.717) is 11.8 Å². The molecule has 6 rings (SSSR count). The summed E-state index contributed by atoms with van der Waals surface area (Å²) < 4.78 is 20.0. The van der Waals surface area contributed by atoms with E-state index in [0.717, 1.165) is 56.4 Å². The second kappa shape index (κ2) is 8.93. The van der Waals surface area contributed by atoms with E-state index in [1.165, 1.54) is 45.5 Å². The average molecular weight is 468 g/mol. The van der Waals surface area contributed by atoms with E-state index in [-0.39, 0.29) is 5.82 Å². The number of nitrogens with zero attached hydrogens (tertiary/aromatic N) is 1. The molecule has 0 N–H and O–H groups in total. The van der Waals surface area contributed by atoms with Crippen LogP contribution in [0.4, 0.5) is 4.39 Å². The van der Waals surface area contributed by atoms with Crippen LogP contribution in [0.25, 0.3) is 11.3 Å². The van der Waals surface area contributed by atoms with E-state index >= 15 is 0 Å². The summed E-state index contributed by atoms with van der Waals surface area (Å²) in [6.45, 7) is 4.44. The Morgan fingerprint density at radius 2 is 1.74 bits per heavy atom. The topological polar surface area (TPSA) is 22.1 Å². The Bertz CT molecular complexity index is 1300. The first-order valence-electron chi connectivity index (χ1n) is 13.3. The summed E-state index contributed by atoms with van der Waals surface area (Å²) in [4.78, 5) is 5.31. The highest BCUT2D eigenvalue weighted by Crippen LogP contribution is 2.58. The number of aryl methyl sites for hydroxylation is 4. The normalized spacial score (nSPS) is 20.6. The number of methoxy groups -OCH3 is 1. The summed E-state index contributed by atoms with van der Waals surface area (Å²) in [5.41, 5.74) is 13.2. The van der Waals surface area contributed by atoms with Gasteiger partial charge in [0.1, 0.15) is 11.6 Å². The zero-order chi connectivity index (χ0) is 24.1. The predicted molar refractivity (Wildman–Crippen MR) is 140 cm³/mol. The predicted octanol–water partition coefficient (Wildman–Crippen LogP) is 7.56. The number of hydrogen-bond donors (Lipinski definition) is 0. The summed E-state index contributed by atoms with van der Waals surface area (Å²) in [7, 11) is 1.81. The Morgan fingerprint density at radius 3 is 2.49 bits per heavy atom. The number of rotatable bonds is 5. The van der Waals surface area contributed by atoms with Gasteiger partial charge in [0.15, 0.2) is 0 Å². The molecule has 3 aliphatic rings. The van der Waals surface area contributed by atoms with Crippen molar-refractivity contribution in [3.8, 4) is 17.0 Å². The first-order valence-corrected chi connectivity index (χ1v) is 13.3. The molecule has 2 aromatic carbocycles. The van der Waals surface area contributed by atoms with Crippen molar-refractivity contribution in [3.05, 3.63) is 92.9 Å². The number of halogens is 1. The van der Waals surface area contributed by atoms with Gasteiger partial charge >= 0.3 is 0 Å². The van der Waals surface area contributed by atoms with Crippen LogP contribution in [0.1, 0.15) is 72.5 Å². The molecule has 3 aromatic rings. The minimum atomic E-state index is -0.120. The number of aromatic nitrogens is 1. The van der Waals surface area contributed by atoms with Crippen molar-refractivity contribution >= 4 is 0 Å². The monoisotopic (exact) mass is 467 g/mol. The third kappa shape index (κ3) is 3.80. The lowest BCUT2D eigenvalue weighted by atomic mass is 9.78. The van der Waals surface area contributed by atoms with Crippen LogP contribution >= 0.6 is 0 Å². The van der Waals surface area contributed by atoms with Crippen LogP contribution in [-0.4, -0.2) is 12.1 Å². The molecular weight excluding hydrogens is 433 g/mol. The van der Waals surface area contributed by atoms with Crippen LogP contribution in [0.5, 0.6) is 5.75 Å². The molecule has 0 aliphatic heterocycles. The van der Waals surface area contributed by atoms with Crippen LogP contribution in [0, 0.1) is 11.7 Å². The van der Waals surface area contributed by atoms with Crippen molar-refractivity contribution in [1.82, 2.24) is 4.98 Å². The molecule has 2 unspecified atom stereocenters. The minimum absolute atomic E-state index is 0.120. The molecule has 0 saturated carbocycles. The zero-order valence-corrected chi connectivity index (χ0v) is 21.1.